The lowest BCUT2D eigenvalue weighted by molar-refractivity contribution is -0.111. The molecule has 154 valence electrons. The summed E-state index contributed by atoms with van der Waals surface area (Å²) in [6.07, 6.45) is 5.70. The van der Waals surface area contributed by atoms with Crippen LogP contribution >= 0.6 is 22.6 Å². The molecule has 7 heteroatoms. The lowest BCUT2D eigenvalue weighted by Gasteiger charge is -2.39. The Bertz CT molecular complexity index is 725. The monoisotopic (exact) mass is 506 g/mol. The highest BCUT2D eigenvalue weighted by molar-refractivity contribution is 14.1. The summed E-state index contributed by atoms with van der Waals surface area (Å²) < 4.78 is 45.2. The van der Waals surface area contributed by atoms with Crippen LogP contribution < -0.4 is 4.74 Å². The van der Waals surface area contributed by atoms with E-state index in [0.717, 1.165) is 16.4 Å². The van der Waals surface area contributed by atoms with Crippen LogP contribution in [-0.2, 0) is 9.47 Å². The predicted octanol–water partition coefficient (Wildman–Crippen LogP) is 5.88. The second-order valence-corrected chi connectivity index (χ2v) is 8.69. The zero-order valence-electron chi connectivity index (χ0n) is 15.9. The van der Waals surface area contributed by atoms with Crippen molar-refractivity contribution in [2.75, 3.05) is 6.61 Å². The Morgan fingerprint density at radius 1 is 1.29 bits per heavy atom. The zero-order valence-corrected chi connectivity index (χ0v) is 18.0. The molecule has 2 aliphatic rings. The van der Waals surface area contributed by atoms with Gasteiger partial charge in [0.2, 0.25) is 5.92 Å². The van der Waals surface area contributed by atoms with Gasteiger partial charge in [-0.1, -0.05) is 6.92 Å². The summed E-state index contributed by atoms with van der Waals surface area (Å²) in [5.74, 6) is -2.77. The molecule has 0 spiro atoms. The third-order valence-corrected chi connectivity index (χ3v) is 6.13. The Morgan fingerprint density at radius 2 is 2.04 bits per heavy atom. The number of ether oxygens (including phenoxy) is 3. The molecule has 1 atom stereocenters. The fraction of sp³-hybridized carbons (Fsp3) is 0.571. The van der Waals surface area contributed by atoms with E-state index in [-0.39, 0.29) is 31.8 Å². The van der Waals surface area contributed by atoms with E-state index in [9.17, 15) is 13.6 Å². The summed E-state index contributed by atoms with van der Waals surface area (Å²) in [5.41, 5.74) is -0.516. The molecule has 1 aromatic carbocycles. The van der Waals surface area contributed by atoms with Crippen LogP contribution in [0.3, 0.4) is 0 Å². The summed E-state index contributed by atoms with van der Waals surface area (Å²) in [4.78, 5) is 12.9. The van der Waals surface area contributed by atoms with Gasteiger partial charge >= 0.3 is 5.97 Å². The molecule has 1 heterocycles. The topological polar surface area (TPSA) is 44.8 Å². The molecular formula is C21H25F2IO4. The van der Waals surface area contributed by atoms with E-state index in [1.165, 1.54) is 0 Å². The van der Waals surface area contributed by atoms with Crippen molar-refractivity contribution in [1.29, 1.82) is 0 Å². The van der Waals surface area contributed by atoms with E-state index >= 15 is 0 Å². The van der Waals surface area contributed by atoms with Gasteiger partial charge in [-0.2, -0.15) is 0 Å². The molecule has 1 saturated carbocycles. The maximum Gasteiger partial charge on any atom is 0.342 e. The number of esters is 1. The molecule has 0 amide bonds. The second-order valence-electron chi connectivity index (χ2n) is 7.44. The molecule has 1 aliphatic carbocycles. The van der Waals surface area contributed by atoms with Crippen LogP contribution in [0.15, 0.2) is 30.5 Å². The van der Waals surface area contributed by atoms with E-state index in [0.29, 0.717) is 24.3 Å². The molecule has 4 nitrogen and oxygen atoms in total. The third-order valence-electron chi connectivity index (χ3n) is 5.46. The fourth-order valence-corrected chi connectivity index (χ4v) is 4.02. The summed E-state index contributed by atoms with van der Waals surface area (Å²) in [6, 6.07) is 5.30. The number of carbonyl (C=O) groups is 1. The average Bonchev–Trinajstić information content (AvgIpc) is 2.69. The van der Waals surface area contributed by atoms with Crippen LogP contribution in [0.25, 0.3) is 0 Å². The van der Waals surface area contributed by atoms with Gasteiger partial charge in [-0.05, 0) is 79.0 Å². The molecule has 1 unspecified atom stereocenters. The maximum atomic E-state index is 13.6. The summed E-state index contributed by atoms with van der Waals surface area (Å²) in [6.45, 7) is 2.20. The quantitative estimate of drug-likeness (QED) is 0.357. The molecule has 0 N–H and O–H groups in total. The van der Waals surface area contributed by atoms with Gasteiger partial charge < -0.3 is 14.2 Å². The largest absolute Gasteiger partial charge is 0.495 e. The molecule has 1 aromatic rings. The van der Waals surface area contributed by atoms with Gasteiger partial charge in [0, 0.05) is 16.4 Å². The highest BCUT2D eigenvalue weighted by Gasteiger charge is 2.45. The van der Waals surface area contributed by atoms with Crippen LogP contribution in [0.1, 0.15) is 62.2 Å². The van der Waals surface area contributed by atoms with E-state index < -0.39 is 17.5 Å². The van der Waals surface area contributed by atoms with Crippen molar-refractivity contribution in [3.63, 3.8) is 0 Å². The molecular weight excluding hydrogens is 481 g/mol. The van der Waals surface area contributed by atoms with Crippen molar-refractivity contribution < 1.29 is 27.8 Å². The maximum absolute atomic E-state index is 13.6. The van der Waals surface area contributed by atoms with Gasteiger partial charge in [-0.3, -0.25) is 0 Å². The summed E-state index contributed by atoms with van der Waals surface area (Å²) >= 11 is 2.12. The SMILES string of the molecule is CCC1(OC(=O)c2cc(I)ccc2OCC2CCC=CO2)CCC(F)(F)CC1. The lowest BCUT2D eigenvalue weighted by atomic mass is 9.81. The smallest absolute Gasteiger partial charge is 0.342 e. The van der Waals surface area contributed by atoms with Crippen LogP contribution in [0.4, 0.5) is 8.78 Å². The van der Waals surface area contributed by atoms with Crippen molar-refractivity contribution in [1.82, 2.24) is 0 Å². The van der Waals surface area contributed by atoms with Gasteiger partial charge in [0.25, 0.3) is 0 Å². The summed E-state index contributed by atoms with van der Waals surface area (Å²) in [5, 5.41) is 0. The normalized spacial score (nSPS) is 22.9. The molecule has 3 rings (SSSR count). The first-order valence-corrected chi connectivity index (χ1v) is 10.7. The first-order chi connectivity index (χ1) is 13.3. The first kappa shape index (κ1) is 21.3. The Morgan fingerprint density at radius 3 is 2.68 bits per heavy atom. The molecule has 1 fully saturated rings. The van der Waals surface area contributed by atoms with Crippen LogP contribution in [0, 0.1) is 3.57 Å². The number of rotatable bonds is 6. The molecule has 0 aromatic heterocycles. The minimum atomic E-state index is -2.67. The first-order valence-electron chi connectivity index (χ1n) is 9.66. The highest BCUT2D eigenvalue weighted by atomic mass is 127. The third kappa shape index (κ3) is 5.36. The fourth-order valence-electron chi connectivity index (χ4n) is 3.53. The van der Waals surface area contributed by atoms with Crippen molar-refractivity contribution in [3.05, 3.63) is 39.7 Å². The Balaban J connectivity index is 1.71. The van der Waals surface area contributed by atoms with Crippen molar-refractivity contribution in [3.8, 4) is 5.75 Å². The number of allylic oxidation sites excluding steroid dienone is 1. The molecule has 0 radical (unpaired) electrons. The van der Waals surface area contributed by atoms with Crippen molar-refractivity contribution in [2.45, 2.75) is 69.5 Å². The van der Waals surface area contributed by atoms with Gasteiger partial charge in [-0.15, -0.1) is 0 Å². The number of benzene rings is 1. The number of carbonyl (C=O) groups excluding carboxylic acids is 1. The Kier molecular flexibility index (Phi) is 6.83. The number of hydrogen-bond donors (Lipinski definition) is 0. The Hall–Kier alpha value is -1.38. The standard InChI is InChI=1S/C21H25F2IO4/c1-2-20(8-10-21(22,23)11-9-20)28-19(25)17-13-15(24)6-7-18(17)27-14-16-5-3-4-12-26-16/h4,6-7,12-13,16H,2-3,5,8-11,14H2,1H3. The van der Waals surface area contributed by atoms with Gasteiger partial charge in [0.1, 0.15) is 29.6 Å². The average molecular weight is 506 g/mol. The van der Waals surface area contributed by atoms with E-state index in [4.69, 9.17) is 14.2 Å². The minimum absolute atomic E-state index is 0.0595. The number of halogens is 3. The van der Waals surface area contributed by atoms with E-state index in [1.807, 2.05) is 19.1 Å². The summed E-state index contributed by atoms with van der Waals surface area (Å²) in [7, 11) is 0. The lowest BCUT2D eigenvalue weighted by Crippen LogP contribution is -2.42. The zero-order chi connectivity index (χ0) is 20.2. The number of hydrogen-bond acceptors (Lipinski definition) is 4. The van der Waals surface area contributed by atoms with Crippen molar-refractivity contribution >= 4 is 28.6 Å². The van der Waals surface area contributed by atoms with Gasteiger partial charge in [0.05, 0.1) is 6.26 Å². The highest BCUT2D eigenvalue weighted by Crippen LogP contribution is 2.42. The molecule has 0 bridgehead atoms. The van der Waals surface area contributed by atoms with E-state index in [1.54, 1.807) is 18.4 Å². The van der Waals surface area contributed by atoms with Crippen LogP contribution in [-0.4, -0.2) is 30.2 Å². The molecule has 0 saturated heterocycles. The van der Waals surface area contributed by atoms with Crippen LogP contribution in [0.5, 0.6) is 5.75 Å². The Labute approximate surface area is 177 Å². The van der Waals surface area contributed by atoms with Crippen LogP contribution in [0.2, 0.25) is 0 Å². The van der Waals surface area contributed by atoms with Gasteiger partial charge in [0.15, 0.2) is 0 Å². The molecule has 28 heavy (non-hydrogen) atoms. The van der Waals surface area contributed by atoms with Gasteiger partial charge in [-0.25, -0.2) is 13.6 Å². The second kappa shape index (κ2) is 8.97. The number of alkyl halides is 2. The van der Waals surface area contributed by atoms with Crippen molar-refractivity contribution in [2.24, 2.45) is 0 Å². The van der Waals surface area contributed by atoms with E-state index in [2.05, 4.69) is 22.6 Å². The predicted molar refractivity (Wildman–Crippen MR) is 110 cm³/mol. The molecule has 1 aliphatic heterocycles. The minimum Gasteiger partial charge on any atom is -0.495 e.